The third-order valence-corrected chi connectivity index (χ3v) is 4.17. The van der Waals surface area contributed by atoms with Gasteiger partial charge in [-0.3, -0.25) is 0 Å². The van der Waals surface area contributed by atoms with E-state index in [0.29, 0.717) is 0 Å². The molecule has 1 nitrogen and oxygen atoms in total. The molecule has 0 aliphatic carbocycles. The molecule has 3 aromatic rings. The van der Waals surface area contributed by atoms with Gasteiger partial charge in [-0.2, -0.15) is 0 Å². The lowest BCUT2D eigenvalue weighted by molar-refractivity contribution is 0.949. The predicted octanol–water partition coefficient (Wildman–Crippen LogP) is 4.59. The molecule has 0 N–H and O–H groups in total. The van der Waals surface area contributed by atoms with E-state index in [0.717, 1.165) is 0 Å². The highest BCUT2D eigenvalue weighted by Crippen LogP contribution is 2.36. The smallest absolute Gasteiger partial charge is 0.0525 e. The summed E-state index contributed by atoms with van der Waals surface area (Å²) in [5.74, 6) is 0. The van der Waals surface area contributed by atoms with E-state index in [4.69, 9.17) is 0 Å². The van der Waals surface area contributed by atoms with Crippen molar-refractivity contribution < 1.29 is 0 Å². The second-order valence-corrected chi connectivity index (χ2v) is 5.36. The maximum absolute atomic E-state index is 2.56. The minimum absolute atomic E-state index is 1.19. The highest BCUT2D eigenvalue weighted by atomic mass is 15.1. The van der Waals surface area contributed by atoms with Gasteiger partial charge in [0.05, 0.1) is 5.69 Å². The van der Waals surface area contributed by atoms with Crippen molar-refractivity contribution in [1.29, 1.82) is 0 Å². The Morgan fingerprint density at radius 3 is 1.79 bits per heavy atom. The Morgan fingerprint density at radius 1 is 0.684 bits per heavy atom. The minimum atomic E-state index is 1.19. The Kier molecular flexibility index (Phi) is 2.44. The van der Waals surface area contributed by atoms with Crippen LogP contribution in [0, 0.1) is 0 Å². The molecular formula is C18H17N. The predicted molar refractivity (Wildman–Crippen MR) is 82.9 cm³/mol. The van der Waals surface area contributed by atoms with Crippen molar-refractivity contribution in [1.82, 2.24) is 0 Å². The highest BCUT2D eigenvalue weighted by Gasteiger charge is 2.17. The molecule has 1 saturated heterocycles. The Morgan fingerprint density at radius 2 is 1.21 bits per heavy atom. The van der Waals surface area contributed by atoms with Crippen LogP contribution < -0.4 is 4.90 Å². The number of hydrogen-bond donors (Lipinski definition) is 0. The van der Waals surface area contributed by atoms with Crippen molar-refractivity contribution >= 4 is 27.2 Å². The number of hydrogen-bond acceptors (Lipinski definition) is 1. The van der Waals surface area contributed by atoms with Crippen LogP contribution in [0.5, 0.6) is 0 Å². The molecule has 4 rings (SSSR count). The fourth-order valence-electron chi connectivity index (χ4n) is 3.27. The van der Waals surface area contributed by atoms with Gasteiger partial charge in [0, 0.05) is 23.9 Å². The molecule has 1 heterocycles. The van der Waals surface area contributed by atoms with E-state index in [-0.39, 0.29) is 0 Å². The van der Waals surface area contributed by atoms with Crippen molar-refractivity contribution in [3.05, 3.63) is 54.6 Å². The van der Waals surface area contributed by atoms with Crippen molar-refractivity contribution in [2.75, 3.05) is 18.0 Å². The van der Waals surface area contributed by atoms with Gasteiger partial charge in [-0.05, 0) is 29.7 Å². The Labute approximate surface area is 113 Å². The van der Waals surface area contributed by atoms with Gasteiger partial charge < -0.3 is 4.90 Å². The summed E-state index contributed by atoms with van der Waals surface area (Å²) in [6, 6.07) is 19.8. The normalized spacial score (nSPS) is 15.5. The molecule has 19 heavy (non-hydrogen) atoms. The molecule has 1 fully saturated rings. The number of fused-ring (bicyclic) bond motifs is 2. The van der Waals surface area contributed by atoms with E-state index in [2.05, 4.69) is 59.5 Å². The van der Waals surface area contributed by atoms with E-state index in [9.17, 15) is 0 Å². The standard InChI is InChI=1S/C18H17N/c1-3-9-16-14(7-1)13-15-8-2-4-10-17(15)18(16)19-11-5-6-12-19/h1-4,7-10,13H,5-6,11-12H2. The fraction of sp³-hybridized carbons (Fsp3) is 0.222. The van der Waals surface area contributed by atoms with E-state index in [1.54, 1.807) is 0 Å². The fourth-order valence-corrected chi connectivity index (χ4v) is 3.27. The molecule has 0 bridgehead atoms. The molecule has 0 atom stereocenters. The summed E-state index contributed by atoms with van der Waals surface area (Å²) in [5, 5.41) is 5.48. The van der Waals surface area contributed by atoms with Crippen LogP contribution >= 0.6 is 0 Å². The summed E-state index contributed by atoms with van der Waals surface area (Å²) >= 11 is 0. The zero-order chi connectivity index (χ0) is 12.7. The largest absolute Gasteiger partial charge is 0.371 e. The van der Waals surface area contributed by atoms with Crippen molar-refractivity contribution in [2.45, 2.75) is 12.8 Å². The van der Waals surface area contributed by atoms with E-state index in [1.807, 2.05) is 0 Å². The SMILES string of the molecule is c1ccc2c(N3CCCC3)c3ccccc3cc2c1. The summed E-state index contributed by atoms with van der Waals surface area (Å²) in [5.41, 5.74) is 1.44. The first-order valence-corrected chi connectivity index (χ1v) is 7.09. The molecule has 1 aliphatic heterocycles. The highest BCUT2D eigenvalue weighted by molar-refractivity contribution is 6.11. The number of anilines is 1. The molecule has 0 radical (unpaired) electrons. The summed E-state index contributed by atoms with van der Waals surface area (Å²) in [4.78, 5) is 2.56. The lowest BCUT2D eigenvalue weighted by atomic mass is 10.0. The first kappa shape index (κ1) is 10.9. The van der Waals surface area contributed by atoms with Crippen molar-refractivity contribution in [2.24, 2.45) is 0 Å². The third kappa shape index (κ3) is 1.69. The molecule has 1 heteroatoms. The second-order valence-electron chi connectivity index (χ2n) is 5.36. The molecule has 1 aliphatic rings. The molecule has 0 spiro atoms. The van der Waals surface area contributed by atoms with Crippen LogP contribution in [0.3, 0.4) is 0 Å². The van der Waals surface area contributed by atoms with Gasteiger partial charge in [-0.15, -0.1) is 0 Å². The summed E-state index contributed by atoms with van der Waals surface area (Å²) in [6.07, 6.45) is 2.63. The van der Waals surface area contributed by atoms with Gasteiger partial charge in [0.1, 0.15) is 0 Å². The second kappa shape index (κ2) is 4.27. The Hall–Kier alpha value is -2.02. The van der Waals surface area contributed by atoms with Gasteiger partial charge in [0.25, 0.3) is 0 Å². The zero-order valence-corrected chi connectivity index (χ0v) is 11.0. The maximum atomic E-state index is 2.56. The number of rotatable bonds is 1. The van der Waals surface area contributed by atoms with Crippen LogP contribution in [-0.2, 0) is 0 Å². The Bertz CT molecular complexity index is 685. The molecule has 0 saturated carbocycles. The average molecular weight is 247 g/mol. The maximum Gasteiger partial charge on any atom is 0.0525 e. The lowest BCUT2D eigenvalue weighted by Crippen LogP contribution is -2.18. The lowest BCUT2D eigenvalue weighted by Gasteiger charge is -2.22. The van der Waals surface area contributed by atoms with Gasteiger partial charge in [0.2, 0.25) is 0 Å². The molecule has 0 amide bonds. The summed E-state index contributed by atoms with van der Waals surface area (Å²) in [7, 11) is 0. The van der Waals surface area contributed by atoms with Crippen LogP contribution in [-0.4, -0.2) is 13.1 Å². The molecule has 94 valence electrons. The van der Waals surface area contributed by atoms with Crippen molar-refractivity contribution in [3.63, 3.8) is 0 Å². The average Bonchev–Trinajstić information content (AvgIpc) is 2.98. The van der Waals surface area contributed by atoms with Crippen LogP contribution in [0.15, 0.2) is 54.6 Å². The zero-order valence-electron chi connectivity index (χ0n) is 11.0. The van der Waals surface area contributed by atoms with Crippen molar-refractivity contribution in [3.8, 4) is 0 Å². The Balaban J connectivity index is 2.13. The van der Waals surface area contributed by atoms with Crippen LogP contribution in [0.4, 0.5) is 5.69 Å². The van der Waals surface area contributed by atoms with Crippen LogP contribution in [0.2, 0.25) is 0 Å². The van der Waals surface area contributed by atoms with Gasteiger partial charge >= 0.3 is 0 Å². The quantitative estimate of drug-likeness (QED) is 0.568. The van der Waals surface area contributed by atoms with Crippen LogP contribution in [0.1, 0.15) is 12.8 Å². The first-order valence-electron chi connectivity index (χ1n) is 7.09. The molecule has 0 aromatic heterocycles. The summed E-state index contributed by atoms with van der Waals surface area (Å²) in [6.45, 7) is 2.38. The monoisotopic (exact) mass is 247 g/mol. The third-order valence-electron chi connectivity index (χ3n) is 4.17. The van der Waals surface area contributed by atoms with E-state index < -0.39 is 0 Å². The minimum Gasteiger partial charge on any atom is -0.371 e. The summed E-state index contributed by atoms with van der Waals surface area (Å²) < 4.78 is 0. The van der Waals surface area contributed by atoms with E-state index >= 15 is 0 Å². The molecule has 3 aromatic carbocycles. The van der Waals surface area contributed by atoms with Gasteiger partial charge in [0.15, 0.2) is 0 Å². The van der Waals surface area contributed by atoms with Crippen LogP contribution in [0.25, 0.3) is 21.5 Å². The number of nitrogens with zero attached hydrogens (tertiary/aromatic N) is 1. The van der Waals surface area contributed by atoms with Gasteiger partial charge in [-0.1, -0.05) is 48.5 Å². The molecule has 0 unspecified atom stereocenters. The molecular weight excluding hydrogens is 230 g/mol. The first-order chi connectivity index (χ1) is 9.43. The van der Waals surface area contributed by atoms with Gasteiger partial charge in [-0.25, -0.2) is 0 Å². The number of benzene rings is 3. The van der Waals surface area contributed by atoms with E-state index in [1.165, 1.54) is 53.2 Å². The topological polar surface area (TPSA) is 3.24 Å².